The van der Waals surface area contributed by atoms with E-state index in [1.807, 2.05) is 0 Å². The fourth-order valence-electron chi connectivity index (χ4n) is 0.536. The van der Waals surface area contributed by atoms with Crippen molar-refractivity contribution in [2.45, 2.75) is 20.3 Å². The highest BCUT2D eigenvalue weighted by Gasteiger charge is 2.23. The van der Waals surface area contributed by atoms with E-state index in [9.17, 15) is 0 Å². The number of nitrogens with zero attached hydrogens (tertiary/aromatic N) is 1. The van der Waals surface area contributed by atoms with Crippen molar-refractivity contribution in [2.75, 3.05) is 0 Å². The summed E-state index contributed by atoms with van der Waals surface area (Å²) in [6.07, 6.45) is -1.43. The molecule has 0 fully saturated rings. The Bertz CT molecular complexity index is 149. The van der Waals surface area contributed by atoms with Crippen LogP contribution in [0.3, 0.4) is 0 Å². The molecule has 5 nitrogen and oxygen atoms in total. The molecule has 58 valence electrons. The molecule has 0 aromatic rings. The SMILES string of the molecule is CC1=C(C)ON(O)C(O)O1. The molecule has 2 N–H and O–H groups in total. The topological polar surface area (TPSA) is 62.2 Å². The minimum absolute atomic E-state index is 0.238. The lowest BCUT2D eigenvalue weighted by molar-refractivity contribution is -0.441. The standard InChI is InChI=1S/C5H9NO4/c1-3-4(2)10-6(8)5(7)9-3/h5,7-8H,1-2H3. The van der Waals surface area contributed by atoms with Crippen LogP contribution in [0, 0.1) is 0 Å². The van der Waals surface area contributed by atoms with Crippen LogP contribution in [0.5, 0.6) is 0 Å². The molecule has 0 aliphatic carbocycles. The Balaban J connectivity index is 2.69. The maximum Gasteiger partial charge on any atom is 0.316 e. The van der Waals surface area contributed by atoms with Crippen LogP contribution >= 0.6 is 0 Å². The number of aliphatic hydroxyl groups excluding tert-OH is 1. The summed E-state index contributed by atoms with van der Waals surface area (Å²) in [5.41, 5.74) is 0. The van der Waals surface area contributed by atoms with E-state index in [0.29, 0.717) is 11.5 Å². The Labute approximate surface area is 58.0 Å². The molecule has 1 atom stereocenters. The molecule has 0 amide bonds. The second-order valence-electron chi connectivity index (χ2n) is 1.95. The maximum absolute atomic E-state index is 8.76. The number of hydrogen-bond donors (Lipinski definition) is 2. The van der Waals surface area contributed by atoms with Crippen LogP contribution in [0.25, 0.3) is 0 Å². The third kappa shape index (κ3) is 1.21. The van der Waals surface area contributed by atoms with Crippen molar-refractivity contribution in [1.29, 1.82) is 0 Å². The highest BCUT2D eigenvalue weighted by Crippen LogP contribution is 2.17. The number of rotatable bonds is 0. The lowest BCUT2D eigenvalue weighted by atomic mass is 10.4. The van der Waals surface area contributed by atoms with Gasteiger partial charge < -0.3 is 14.7 Å². The zero-order chi connectivity index (χ0) is 7.72. The van der Waals surface area contributed by atoms with Gasteiger partial charge in [0.15, 0.2) is 5.76 Å². The van der Waals surface area contributed by atoms with Crippen LogP contribution in [0.4, 0.5) is 0 Å². The molecular formula is C5H9NO4. The van der Waals surface area contributed by atoms with E-state index >= 15 is 0 Å². The first-order valence-corrected chi connectivity index (χ1v) is 2.79. The highest BCUT2D eigenvalue weighted by molar-refractivity contribution is 4.95. The monoisotopic (exact) mass is 147 g/mol. The molecule has 0 bridgehead atoms. The maximum atomic E-state index is 8.76. The van der Waals surface area contributed by atoms with Gasteiger partial charge in [-0.05, 0) is 13.8 Å². The van der Waals surface area contributed by atoms with Gasteiger partial charge >= 0.3 is 6.41 Å². The van der Waals surface area contributed by atoms with E-state index in [1.165, 1.54) is 0 Å². The first kappa shape index (κ1) is 7.33. The number of hydrogen-bond acceptors (Lipinski definition) is 5. The molecule has 5 heteroatoms. The average Bonchev–Trinajstić information content (AvgIpc) is 1.84. The highest BCUT2D eigenvalue weighted by atomic mass is 16.9. The van der Waals surface area contributed by atoms with Crippen LogP contribution in [0.15, 0.2) is 11.5 Å². The third-order valence-corrected chi connectivity index (χ3v) is 1.20. The third-order valence-electron chi connectivity index (χ3n) is 1.20. The molecule has 0 saturated carbocycles. The largest absolute Gasteiger partial charge is 0.448 e. The van der Waals surface area contributed by atoms with Gasteiger partial charge in [0.05, 0.1) is 0 Å². The Morgan fingerprint density at radius 3 is 2.50 bits per heavy atom. The van der Waals surface area contributed by atoms with E-state index in [0.717, 1.165) is 0 Å². The summed E-state index contributed by atoms with van der Waals surface area (Å²) in [5, 5.41) is 17.7. The summed E-state index contributed by atoms with van der Waals surface area (Å²) in [7, 11) is 0. The Morgan fingerprint density at radius 1 is 1.40 bits per heavy atom. The molecule has 0 spiro atoms. The van der Waals surface area contributed by atoms with Crippen LogP contribution in [0.1, 0.15) is 13.8 Å². The number of hydroxylamine groups is 2. The van der Waals surface area contributed by atoms with Crippen LogP contribution < -0.4 is 0 Å². The fourth-order valence-corrected chi connectivity index (χ4v) is 0.536. The van der Waals surface area contributed by atoms with Crippen LogP contribution in [0.2, 0.25) is 0 Å². The molecule has 1 unspecified atom stereocenters. The van der Waals surface area contributed by atoms with Crippen molar-refractivity contribution in [3.63, 3.8) is 0 Å². The smallest absolute Gasteiger partial charge is 0.316 e. The van der Waals surface area contributed by atoms with Crippen molar-refractivity contribution in [3.05, 3.63) is 11.5 Å². The van der Waals surface area contributed by atoms with E-state index in [4.69, 9.17) is 15.1 Å². The normalized spacial score (nSPS) is 27.8. The summed E-state index contributed by atoms with van der Waals surface area (Å²) in [4.78, 5) is 4.60. The zero-order valence-electron chi connectivity index (χ0n) is 5.74. The number of aliphatic hydroxyl groups is 1. The van der Waals surface area contributed by atoms with Crippen LogP contribution in [-0.2, 0) is 9.57 Å². The van der Waals surface area contributed by atoms with Crippen molar-refractivity contribution in [1.82, 2.24) is 5.23 Å². The van der Waals surface area contributed by atoms with Gasteiger partial charge in [-0.2, -0.15) is 0 Å². The second kappa shape index (κ2) is 2.45. The van der Waals surface area contributed by atoms with E-state index < -0.39 is 6.41 Å². The minimum atomic E-state index is -1.43. The Morgan fingerprint density at radius 2 is 2.00 bits per heavy atom. The second-order valence-corrected chi connectivity index (χ2v) is 1.95. The first-order valence-electron chi connectivity index (χ1n) is 2.79. The summed E-state index contributed by atoms with van der Waals surface area (Å²) in [5.74, 6) is 0.880. The minimum Gasteiger partial charge on any atom is -0.448 e. The molecule has 1 aliphatic heterocycles. The van der Waals surface area contributed by atoms with Gasteiger partial charge in [-0.15, -0.1) is 0 Å². The van der Waals surface area contributed by atoms with Gasteiger partial charge in [-0.25, -0.2) is 0 Å². The van der Waals surface area contributed by atoms with E-state index in [-0.39, 0.29) is 5.23 Å². The van der Waals surface area contributed by atoms with Crippen molar-refractivity contribution >= 4 is 0 Å². The molecule has 0 radical (unpaired) electrons. The van der Waals surface area contributed by atoms with Gasteiger partial charge in [0.25, 0.3) is 0 Å². The molecule has 1 rings (SSSR count). The molecule has 1 heterocycles. The van der Waals surface area contributed by atoms with Gasteiger partial charge in [0.2, 0.25) is 0 Å². The fraction of sp³-hybridized carbons (Fsp3) is 0.600. The summed E-state index contributed by atoms with van der Waals surface area (Å²) in [6.45, 7) is 3.25. The predicted octanol–water partition coefficient (Wildman–Crippen LogP) is 0.167. The summed E-state index contributed by atoms with van der Waals surface area (Å²) < 4.78 is 4.70. The summed E-state index contributed by atoms with van der Waals surface area (Å²) >= 11 is 0. The van der Waals surface area contributed by atoms with Crippen LogP contribution in [-0.4, -0.2) is 22.0 Å². The van der Waals surface area contributed by atoms with Gasteiger partial charge in [-0.3, -0.25) is 5.21 Å². The van der Waals surface area contributed by atoms with E-state index in [1.54, 1.807) is 13.8 Å². The lowest BCUT2D eigenvalue weighted by Gasteiger charge is -2.27. The van der Waals surface area contributed by atoms with Crippen molar-refractivity contribution in [2.24, 2.45) is 0 Å². The van der Waals surface area contributed by atoms with E-state index in [2.05, 4.69) is 4.84 Å². The summed E-state index contributed by atoms with van der Waals surface area (Å²) in [6, 6.07) is 0. The molecule has 10 heavy (non-hydrogen) atoms. The molecule has 1 aliphatic rings. The molecule has 0 aromatic carbocycles. The molecular weight excluding hydrogens is 138 g/mol. The number of allylic oxidation sites excluding steroid dienone is 2. The van der Waals surface area contributed by atoms with Crippen molar-refractivity contribution < 1.29 is 19.9 Å². The number of ether oxygens (including phenoxy) is 1. The Kier molecular flexibility index (Phi) is 1.80. The average molecular weight is 147 g/mol. The molecule has 0 aromatic heterocycles. The predicted molar refractivity (Wildman–Crippen MR) is 30.2 cm³/mol. The van der Waals surface area contributed by atoms with Gasteiger partial charge in [-0.1, -0.05) is 0 Å². The zero-order valence-corrected chi connectivity index (χ0v) is 5.74. The lowest BCUT2D eigenvalue weighted by Crippen LogP contribution is -2.37. The quantitative estimate of drug-likeness (QED) is 0.511. The first-order chi connectivity index (χ1) is 4.61. The Hall–Kier alpha value is -0.780. The van der Waals surface area contributed by atoms with Crippen molar-refractivity contribution in [3.8, 4) is 0 Å². The van der Waals surface area contributed by atoms with Gasteiger partial charge in [0, 0.05) is 5.23 Å². The molecule has 0 saturated heterocycles. The van der Waals surface area contributed by atoms with Gasteiger partial charge in [0.1, 0.15) is 5.76 Å².